The van der Waals surface area contributed by atoms with Crippen molar-refractivity contribution in [2.75, 3.05) is 46.4 Å². The van der Waals surface area contributed by atoms with Gasteiger partial charge in [-0.05, 0) is 30.5 Å². The van der Waals surface area contributed by atoms with Crippen molar-refractivity contribution in [1.82, 2.24) is 9.80 Å². The Hall–Kier alpha value is -1.10. The number of benzene rings is 1. The van der Waals surface area contributed by atoms with Gasteiger partial charge in [0.15, 0.2) is 0 Å². The van der Waals surface area contributed by atoms with Crippen LogP contribution < -0.4 is 10.5 Å². The lowest BCUT2D eigenvalue weighted by Gasteiger charge is -2.38. The molecule has 0 amide bonds. The average Bonchev–Trinajstić information content (AvgIpc) is 2.55. The molecule has 1 saturated heterocycles. The monoisotopic (exact) mass is 291 g/mol. The Morgan fingerprint density at radius 1 is 1.14 bits per heavy atom. The highest BCUT2D eigenvalue weighted by molar-refractivity contribution is 5.27. The van der Waals surface area contributed by atoms with E-state index in [2.05, 4.69) is 28.9 Å². The summed E-state index contributed by atoms with van der Waals surface area (Å²) < 4.78 is 5.19. The highest BCUT2D eigenvalue weighted by Gasteiger charge is 2.21. The minimum Gasteiger partial charge on any atom is -0.497 e. The number of hydrogen-bond acceptors (Lipinski definition) is 4. The molecule has 1 aliphatic rings. The van der Waals surface area contributed by atoms with Gasteiger partial charge >= 0.3 is 0 Å². The van der Waals surface area contributed by atoms with Gasteiger partial charge in [0.25, 0.3) is 0 Å². The van der Waals surface area contributed by atoms with Crippen molar-refractivity contribution in [2.45, 2.75) is 25.8 Å². The number of methoxy groups -OCH3 is 1. The molecule has 1 aromatic carbocycles. The second-order valence-corrected chi connectivity index (χ2v) is 5.77. The molecular formula is C17H29N3O. The fraction of sp³-hybridized carbons (Fsp3) is 0.647. The van der Waals surface area contributed by atoms with Gasteiger partial charge in [-0.3, -0.25) is 4.90 Å². The third-order valence-corrected chi connectivity index (χ3v) is 4.54. The molecule has 0 aromatic heterocycles. The minimum atomic E-state index is 0.564. The predicted molar refractivity (Wildman–Crippen MR) is 87.8 cm³/mol. The molecule has 0 aliphatic carbocycles. The quantitative estimate of drug-likeness (QED) is 0.828. The van der Waals surface area contributed by atoms with Crippen molar-refractivity contribution in [2.24, 2.45) is 5.73 Å². The van der Waals surface area contributed by atoms with E-state index in [1.807, 2.05) is 12.1 Å². The largest absolute Gasteiger partial charge is 0.497 e. The van der Waals surface area contributed by atoms with Crippen molar-refractivity contribution < 1.29 is 4.74 Å². The molecule has 0 bridgehead atoms. The zero-order valence-corrected chi connectivity index (χ0v) is 13.4. The number of nitrogens with zero attached hydrogens (tertiary/aromatic N) is 2. The SMILES string of the molecule is CCC(CN)N1CCN(CCc2ccc(OC)cc2)CC1. The maximum absolute atomic E-state index is 5.84. The zero-order chi connectivity index (χ0) is 15.1. The zero-order valence-electron chi connectivity index (χ0n) is 13.4. The maximum atomic E-state index is 5.84. The van der Waals surface area contributed by atoms with Gasteiger partial charge in [0.1, 0.15) is 5.75 Å². The van der Waals surface area contributed by atoms with Crippen LogP contribution in [0.3, 0.4) is 0 Å². The van der Waals surface area contributed by atoms with Gasteiger partial charge in [-0.15, -0.1) is 0 Å². The molecule has 4 heteroatoms. The van der Waals surface area contributed by atoms with E-state index in [4.69, 9.17) is 10.5 Å². The van der Waals surface area contributed by atoms with Gasteiger partial charge in [0, 0.05) is 45.3 Å². The molecule has 0 spiro atoms. The predicted octanol–water partition coefficient (Wildman–Crippen LogP) is 1.59. The molecule has 2 rings (SSSR count). The number of rotatable bonds is 7. The van der Waals surface area contributed by atoms with Crippen LogP contribution in [-0.4, -0.2) is 62.2 Å². The molecular weight excluding hydrogens is 262 g/mol. The molecule has 0 radical (unpaired) electrons. The van der Waals surface area contributed by atoms with E-state index in [9.17, 15) is 0 Å². The fourth-order valence-corrected chi connectivity index (χ4v) is 3.01. The van der Waals surface area contributed by atoms with Gasteiger partial charge in [0.05, 0.1) is 7.11 Å². The lowest BCUT2D eigenvalue weighted by Crippen LogP contribution is -2.52. The maximum Gasteiger partial charge on any atom is 0.118 e. The molecule has 1 unspecified atom stereocenters. The Balaban J connectivity index is 1.73. The van der Waals surface area contributed by atoms with E-state index in [0.717, 1.165) is 57.9 Å². The van der Waals surface area contributed by atoms with E-state index >= 15 is 0 Å². The Bertz CT molecular complexity index is 395. The third-order valence-electron chi connectivity index (χ3n) is 4.54. The molecule has 1 aliphatic heterocycles. The van der Waals surface area contributed by atoms with Crippen molar-refractivity contribution in [1.29, 1.82) is 0 Å². The fourth-order valence-electron chi connectivity index (χ4n) is 3.01. The lowest BCUT2D eigenvalue weighted by molar-refractivity contribution is 0.0975. The summed E-state index contributed by atoms with van der Waals surface area (Å²) in [6, 6.07) is 8.97. The molecule has 1 aromatic rings. The van der Waals surface area contributed by atoms with Crippen LogP contribution in [0, 0.1) is 0 Å². The molecule has 118 valence electrons. The van der Waals surface area contributed by atoms with Gasteiger partial charge in [-0.25, -0.2) is 0 Å². The molecule has 1 heterocycles. The van der Waals surface area contributed by atoms with Crippen LogP contribution in [0.1, 0.15) is 18.9 Å². The Morgan fingerprint density at radius 2 is 1.81 bits per heavy atom. The van der Waals surface area contributed by atoms with Crippen LogP contribution in [0.4, 0.5) is 0 Å². The summed E-state index contributed by atoms with van der Waals surface area (Å²) in [5, 5.41) is 0. The van der Waals surface area contributed by atoms with E-state index < -0.39 is 0 Å². The molecule has 1 fully saturated rings. The van der Waals surface area contributed by atoms with Gasteiger partial charge < -0.3 is 15.4 Å². The normalized spacial score (nSPS) is 18.6. The second kappa shape index (κ2) is 8.37. The summed E-state index contributed by atoms with van der Waals surface area (Å²) in [4.78, 5) is 5.11. The van der Waals surface area contributed by atoms with Crippen molar-refractivity contribution >= 4 is 0 Å². The minimum absolute atomic E-state index is 0.564. The Kier molecular flexibility index (Phi) is 6.49. The van der Waals surface area contributed by atoms with Gasteiger partial charge in [-0.1, -0.05) is 19.1 Å². The highest BCUT2D eigenvalue weighted by atomic mass is 16.5. The first-order valence-corrected chi connectivity index (χ1v) is 8.06. The molecule has 4 nitrogen and oxygen atoms in total. The van der Waals surface area contributed by atoms with Crippen molar-refractivity contribution in [3.05, 3.63) is 29.8 Å². The topological polar surface area (TPSA) is 41.7 Å². The van der Waals surface area contributed by atoms with E-state index in [0.29, 0.717) is 6.04 Å². The molecule has 2 N–H and O–H groups in total. The smallest absolute Gasteiger partial charge is 0.118 e. The molecule has 0 saturated carbocycles. The standard InChI is InChI=1S/C17H29N3O/c1-3-16(14-18)20-12-10-19(11-13-20)9-8-15-4-6-17(21-2)7-5-15/h4-7,16H,3,8-14,18H2,1-2H3. The summed E-state index contributed by atoms with van der Waals surface area (Å²) in [5.41, 5.74) is 7.22. The summed E-state index contributed by atoms with van der Waals surface area (Å²) in [5.74, 6) is 0.930. The van der Waals surface area contributed by atoms with Crippen LogP contribution in [0.25, 0.3) is 0 Å². The third kappa shape index (κ3) is 4.70. The first-order chi connectivity index (χ1) is 10.3. The van der Waals surface area contributed by atoms with Gasteiger partial charge in [-0.2, -0.15) is 0 Å². The van der Waals surface area contributed by atoms with Crippen LogP contribution in [0.2, 0.25) is 0 Å². The summed E-state index contributed by atoms with van der Waals surface area (Å²) in [6.45, 7) is 8.77. The molecule has 1 atom stereocenters. The van der Waals surface area contributed by atoms with E-state index in [1.165, 1.54) is 5.56 Å². The van der Waals surface area contributed by atoms with Crippen molar-refractivity contribution in [3.8, 4) is 5.75 Å². The number of nitrogens with two attached hydrogens (primary N) is 1. The van der Waals surface area contributed by atoms with E-state index in [-0.39, 0.29) is 0 Å². The average molecular weight is 291 g/mol. The molecule has 21 heavy (non-hydrogen) atoms. The Morgan fingerprint density at radius 3 is 2.33 bits per heavy atom. The highest BCUT2D eigenvalue weighted by Crippen LogP contribution is 2.13. The lowest BCUT2D eigenvalue weighted by atomic mass is 10.1. The van der Waals surface area contributed by atoms with Crippen LogP contribution in [0.15, 0.2) is 24.3 Å². The number of hydrogen-bond donors (Lipinski definition) is 1. The first-order valence-electron chi connectivity index (χ1n) is 8.06. The van der Waals surface area contributed by atoms with Gasteiger partial charge in [0.2, 0.25) is 0 Å². The Labute approximate surface area is 128 Å². The number of piperazine rings is 1. The second-order valence-electron chi connectivity index (χ2n) is 5.77. The van der Waals surface area contributed by atoms with E-state index in [1.54, 1.807) is 7.11 Å². The summed E-state index contributed by atoms with van der Waals surface area (Å²) in [7, 11) is 1.71. The number of ether oxygens (including phenoxy) is 1. The van der Waals surface area contributed by atoms with Crippen LogP contribution >= 0.6 is 0 Å². The van der Waals surface area contributed by atoms with Crippen molar-refractivity contribution in [3.63, 3.8) is 0 Å². The van der Waals surface area contributed by atoms with Crippen LogP contribution in [-0.2, 0) is 6.42 Å². The summed E-state index contributed by atoms with van der Waals surface area (Å²) >= 11 is 0. The van der Waals surface area contributed by atoms with Crippen LogP contribution in [0.5, 0.6) is 5.75 Å². The first kappa shape index (κ1) is 16.3. The summed E-state index contributed by atoms with van der Waals surface area (Å²) in [6.07, 6.45) is 2.26.